The Morgan fingerprint density at radius 1 is 1.30 bits per heavy atom. The molecule has 0 bridgehead atoms. The highest BCUT2D eigenvalue weighted by atomic mass is 19.4. The maximum absolute atomic E-state index is 12.0. The van der Waals surface area contributed by atoms with Crippen LogP contribution < -0.4 is 10.5 Å². The first-order valence-corrected chi connectivity index (χ1v) is 6.45. The molecule has 1 unspecified atom stereocenters. The van der Waals surface area contributed by atoms with Crippen molar-refractivity contribution in [2.24, 2.45) is 11.7 Å². The molecule has 0 radical (unpaired) electrons. The van der Waals surface area contributed by atoms with E-state index in [4.69, 9.17) is 5.73 Å². The van der Waals surface area contributed by atoms with Crippen LogP contribution in [0.5, 0.6) is 5.75 Å². The summed E-state index contributed by atoms with van der Waals surface area (Å²) in [6.45, 7) is 0. The number of ether oxygens (including phenoxy) is 1. The highest BCUT2D eigenvalue weighted by molar-refractivity contribution is 5.81. The number of Topliss-reactive ketones (excluding diaryl/α,β-unsaturated/α-hetero) is 1. The summed E-state index contributed by atoms with van der Waals surface area (Å²) in [6.07, 6.45) is -2.03. The Bertz CT molecular complexity index is 466. The van der Waals surface area contributed by atoms with Gasteiger partial charge in [0.05, 0.1) is 0 Å². The molecule has 0 spiro atoms. The number of ketones is 1. The quantitative estimate of drug-likeness (QED) is 0.875. The van der Waals surface area contributed by atoms with Gasteiger partial charge in [0, 0.05) is 18.9 Å². The van der Waals surface area contributed by atoms with Crippen molar-refractivity contribution in [1.29, 1.82) is 0 Å². The maximum Gasteiger partial charge on any atom is 0.573 e. The van der Waals surface area contributed by atoms with E-state index in [0.717, 1.165) is 12.8 Å². The first-order valence-electron chi connectivity index (χ1n) is 6.45. The largest absolute Gasteiger partial charge is 0.573 e. The Hall–Kier alpha value is -1.56. The molecule has 1 atom stereocenters. The van der Waals surface area contributed by atoms with Gasteiger partial charge in [0.2, 0.25) is 0 Å². The Balaban J connectivity index is 1.85. The van der Waals surface area contributed by atoms with Crippen molar-refractivity contribution < 1.29 is 22.7 Å². The lowest BCUT2D eigenvalue weighted by molar-refractivity contribution is -0.274. The van der Waals surface area contributed by atoms with Crippen molar-refractivity contribution in [2.75, 3.05) is 0 Å². The number of halogens is 3. The van der Waals surface area contributed by atoms with E-state index in [1.54, 1.807) is 0 Å². The van der Waals surface area contributed by atoms with Gasteiger partial charge in [-0.15, -0.1) is 13.2 Å². The van der Waals surface area contributed by atoms with Gasteiger partial charge in [-0.2, -0.15) is 0 Å². The van der Waals surface area contributed by atoms with E-state index in [-0.39, 0.29) is 24.0 Å². The van der Waals surface area contributed by atoms with Crippen LogP contribution in [0, 0.1) is 5.92 Å². The molecule has 0 heterocycles. The zero-order valence-electron chi connectivity index (χ0n) is 10.8. The van der Waals surface area contributed by atoms with Crippen LogP contribution in [-0.2, 0) is 11.2 Å². The van der Waals surface area contributed by atoms with Crippen LogP contribution in [0.4, 0.5) is 13.2 Å². The van der Waals surface area contributed by atoms with Gasteiger partial charge in [0.1, 0.15) is 11.5 Å². The molecule has 110 valence electrons. The van der Waals surface area contributed by atoms with Gasteiger partial charge in [-0.25, -0.2) is 0 Å². The van der Waals surface area contributed by atoms with Gasteiger partial charge in [0.15, 0.2) is 0 Å². The third-order valence-electron chi connectivity index (χ3n) is 3.25. The van der Waals surface area contributed by atoms with Crippen LogP contribution in [-0.4, -0.2) is 18.2 Å². The van der Waals surface area contributed by atoms with Crippen molar-refractivity contribution in [1.82, 2.24) is 0 Å². The van der Waals surface area contributed by atoms with Crippen molar-refractivity contribution in [3.63, 3.8) is 0 Å². The number of carbonyl (C=O) groups excluding carboxylic acids is 1. The molecule has 6 heteroatoms. The lowest BCUT2D eigenvalue weighted by Crippen LogP contribution is -2.26. The number of hydrogen-bond donors (Lipinski definition) is 1. The summed E-state index contributed by atoms with van der Waals surface area (Å²) in [5.74, 6) is 0.179. The molecular weight excluding hydrogens is 271 g/mol. The van der Waals surface area contributed by atoms with E-state index in [1.165, 1.54) is 24.3 Å². The van der Waals surface area contributed by atoms with Crippen molar-refractivity contribution in [2.45, 2.75) is 38.1 Å². The smallest absolute Gasteiger partial charge is 0.406 e. The van der Waals surface area contributed by atoms with E-state index in [2.05, 4.69) is 4.74 Å². The van der Waals surface area contributed by atoms with Crippen LogP contribution >= 0.6 is 0 Å². The van der Waals surface area contributed by atoms with Crippen LogP contribution in [0.15, 0.2) is 24.3 Å². The lowest BCUT2D eigenvalue weighted by atomic mass is 10.0. The SMILES string of the molecule is NC(CC(=O)Cc1ccc(OC(F)(F)F)cc1)C1CC1. The molecule has 3 nitrogen and oxygen atoms in total. The van der Waals surface area contributed by atoms with Gasteiger partial charge in [-0.05, 0) is 36.5 Å². The topological polar surface area (TPSA) is 52.3 Å². The molecule has 2 rings (SSSR count). The molecule has 1 aliphatic carbocycles. The molecule has 0 saturated heterocycles. The van der Waals surface area contributed by atoms with E-state index in [1.807, 2.05) is 0 Å². The summed E-state index contributed by atoms with van der Waals surface area (Å²) in [4.78, 5) is 11.8. The van der Waals surface area contributed by atoms with Crippen molar-refractivity contribution in [3.8, 4) is 5.75 Å². The summed E-state index contributed by atoms with van der Waals surface area (Å²) >= 11 is 0. The average molecular weight is 287 g/mol. The minimum absolute atomic E-state index is 0.00823. The summed E-state index contributed by atoms with van der Waals surface area (Å²) in [6, 6.07) is 5.24. The highest BCUT2D eigenvalue weighted by Crippen LogP contribution is 2.33. The fourth-order valence-corrected chi connectivity index (χ4v) is 2.06. The zero-order chi connectivity index (χ0) is 14.8. The number of nitrogens with two attached hydrogens (primary N) is 1. The van der Waals surface area contributed by atoms with Crippen LogP contribution in [0.1, 0.15) is 24.8 Å². The predicted molar refractivity (Wildman–Crippen MR) is 67.2 cm³/mol. The Morgan fingerprint density at radius 2 is 1.90 bits per heavy atom. The monoisotopic (exact) mass is 287 g/mol. The molecule has 20 heavy (non-hydrogen) atoms. The molecule has 0 aliphatic heterocycles. The van der Waals surface area contributed by atoms with Crippen molar-refractivity contribution >= 4 is 5.78 Å². The van der Waals surface area contributed by atoms with E-state index in [9.17, 15) is 18.0 Å². The summed E-state index contributed by atoms with van der Waals surface area (Å²) in [5, 5.41) is 0. The number of benzene rings is 1. The van der Waals surface area contributed by atoms with E-state index < -0.39 is 6.36 Å². The standard InChI is InChI=1S/C14H16F3NO2/c15-14(16,17)20-12-5-1-9(2-6-12)7-11(19)8-13(18)10-3-4-10/h1-2,5-6,10,13H,3-4,7-8,18H2. The van der Waals surface area contributed by atoms with Crippen LogP contribution in [0.3, 0.4) is 0 Å². The second kappa shape index (κ2) is 5.83. The minimum atomic E-state index is -4.70. The Morgan fingerprint density at radius 3 is 2.40 bits per heavy atom. The molecule has 1 fully saturated rings. The number of hydrogen-bond acceptors (Lipinski definition) is 3. The van der Waals surface area contributed by atoms with Crippen molar-refractivity contribution in [3.05, 3.63) is 29.8 Å². The maximum atomic E-state index is 12.0. The fraction of sp³-hybridized carbons (Fsp3) is 0.500. The summed E-state index contributed by atoms with van der Waals surface area (Å²) in [5.41, 5.74) is 6.52. The summed E-state index contributed by atoms with van der Waals surface area (Å²) in [7, 11) is 0. The van der Waals surface area contributed by atoms with E-state index >= 15 is 0 Å². The molecule has 1 saturated carbocycles. The van der Waals surface area contributed by atoms with Gasteiger partial charge in [0.25, 0.3) is 0 Å². The van der Waals surface area contributed by atoms with Gasteiger partial charge >= 0.3 is 6.36 Å². The van der Waals surface area contributed by atoms with Gasteiger partial charge in [-0.3, -0.25) is 4.79 Å². The second-order valence-corrected chi connectivity index (χ2v) is 5.11. The first kappa shape index (κ1) is 14.8. The third-order valence-corrected chi connectivity index (χ3v) is 3.25. The molecular formula is C14H16F3NO2. The molecule has 2 N–H and O–H groups in total. The second-order valence-electron chi connectivity index (χ2n) is 5.11. The molecule has 0 amide bonds. The molecule has 1 aromatic rings. The van der Waals surface area contributed by atoms with Gasteiger partial charge in [-0.1, -0.05) is 12.1 Å². The molecule has 0 aromatic heterocycles. The van der Waals surface area contributed by atoms with Crippen LogP contribution in [0.2, 0.25) is 0 Å². The zero-order valence-corrected chi connectivity index (χ0v) is 10.8. The minimum Gasteiger partial charge on any atom is -0.406 e. The number of carbonyl (C=O) groups is 1. The van der Waals surface area contributed by atoms with E-state index in [0.29, 0.717) is 17.9 Å². The Labute approximate surface area is 114 Å². The van der Waals surface area contributed by atoms with Crippen LogP contribution in [0.25, 0.3) is 0 Å². The molecule has 1 aliphatic rings. The average Bonchev–Trinajstić information content (AvgIpc) is 3.13. The lowest BCUT2D eigenvalue weighted by Gasteiger charge is -2.10. The number of alkyl halides is 3. The first-order chi connectivity index (χ1) is 9.33. The fourth-order valence-electron chi connectivity index (χ4n) is 2.06. The van der Waals surface area contributed by atoms with Gasteiger partial charge < -0.3 is 10.5 Å². The molecule has 1 aromatic carbocycles. The predicted octanol–water partition coefficient (Wildman–Crippen LogP) is 2.82. The Kier molecular flexibility index (Phi) is 4.32. The summed E-state index contributed by atoms with van der Waals surface area (Å²) < 4.78 is 39.7. The highest BCUT2D eigenvalue weighted by Gasteiger charge is 2.31. The number of rotatable bonds is 6. The normalized spacial score (nSPS) is 16.8. The third kappa shape index (κ3) is 4.85.